The van der Waals surface area contributed by atoms with E-state index in [0.29, 0.717) is 6.54 Å². The van der Waals surface area contributed by atoms with Crippen LogP contribution < -0.4 is 37.2 Å². The van der Waals surface area contributed by atoms with E-state index in [2.05, 4.69) is 37.2 Å². The largest absolute Gasteiger partial charge is 0.355 e. The second-order valence-corrected chi connectivity index (χ2v) is 5.79. The molecule has 0 bridgehead atoms. The third-order valence-electron chi connectivity index (χ3n) is 3.64. The summed E-state index contributed by atoms with van der Waals surface area (Å²) in [7, 11) is 0. The SMILES string of the molecule is CC(=O)NCC1CNCCNCCNCCNCCNCCN1. The summed E-state index contributed by atoms with van der Waals surface area (Å²) in [5, 5.41) is 23.4. The lowest BCUT2D eigenvalue weighted by Crippen LogP contribution is -2.49. The molecule has 1 aliphatic heterocycles. The Morgan fingerprint density at radius 1 is 0.783 bits per heavy atom. The van der Waals surface area contributed by atoms with Crippen molar-refractivity contribution in [2.75, 3.05) is 78.5 Å². The molecule has 136 valence electrons. The van der Waals surface area contributed by atoms with Gasteiger partial charge in [-0.3, -0.25) is 4.79 Å². The maximum Gasteiger partial charge on any atom is 0.216 e. The van der Waals surface area contributed by atoms with E-state index in [1.807, 2.05) is 0 Å². The van der Waals surface area contributed by atoms with E-state index in [0.717, 1.165) is 72.0 Å². The molecular formula is C15H35N7O. The lowest BCUT2D eigenvalue weighted by Gasteiger charge is -2.20. The molecule has 0 radical (unpaired) electrons. The van der Waals surface area contributed by atoms with Crippen molar-refractivity contribution in [2.24, 2.45) is 0 Å². The van der Waals surface area contributed by atoms with Gasteiger partial charge in [0.25, 0.3) is 0 Å². The number of nitrogens with one attached hydrogen (secondary N) is 7. The fraction of sp³-hybridized carbons (Fsp3) is 0.933. The van der Waals surface area contributed by atoms with Crippen molar-refractivity contribution in [1.29, 1.82) is 0 Å². The molecule has 0 aliphatic carbocycles. The molecule has 0 spiro atoms. The molecule has 0 aromatic heterocycles. The molecule has 0 aromatic rings. The van der Waals surface area contributed by atoms with Crippen molar-refractivity contribution in [2.45, 2.75) is 13.0 Å². The molecule has 7 N–H and O–H groups in total. The minimum Gasteiger partial charge on any atom is -0.355 e. The fourth-order valence-corrected chi connectivity index (χ4v) is 2.33. The van der Waals surface area contributed by atoms with Gasteiger partial charge in [-0.05, 0) is 0 Å². The maximum absolute atomic E-state index is 11.1. The zero-order valence-corrected chi connectivity index (χ0v) is 14.5. The number of amides is 1. The van der Waals surface area contributed by atoms with Crippen LogP contribution in [0.1, 0.15) is 6.92 Å². The van der Waals surface area contributed by atoms with Gasteiger partial charge in [0.05, 0.1) is 0 Å². The first-order chi connectivity index (χ1) is 11.3. The van der Waals surface area contributed by atoms with Crippen LogP contribution in [0.3, 0.4) is 0 Å². The summed E-state index contributed by atoms with van der Waals surface area (Å²) in [6.07, 6.45) is 0. The van der Waals surface area contributed by atoms with Gasteiger partial charge in [-0.1, -0.05) is 0 Å². The highest BCUT2D eigenvalue weighted by atomic mass is 16.1. The highest BCUT2D eigenvalue weighted by Crippen LogP contribution is 1.80. The predicted molar refractivity (Wildman–Crippen MR) is 94.8 cm³/mol. The minimum atomic E-state index is 0.0182. The molecule has 8 heteroatoms. The summed E-state index contributed by atoms with van der Waals surface area (Å²) >= 11 is 0. The van der Waals surface area contributed by atoms with Gasteiger partial charge in [0.1, 0.15) is 0 Å². The highest BCUT2D eigenvalue weighted by molar-refractivity contribution is 5.72. The first-order valence-electron chi connectivity index (χ1n) is 8.80. The summed E-state index contributed by atoms with van der Waals surface area (Å²) < 4.78 is 0. The number of rotatable bonds is 2. The Labute approximate surface area is 140 Å². The van der Waals surface area contributed by atoms with E-state index < -0.39 is 0 Å². The molecule has 8 nitrogen and oxygen atoms in total. The Bertz CT molecular complexity index is 273. The molecule has 0 saturated carbocycles. The van der Waals surface area contributed by atoms with Gasteiger partial charge in [-0.2, -0.15) is 0 Å². The average Bonchev–Trinajstić information content (AvgIpc) is 2.53. The van der Waals surface area contributed by atoms with Gasteiger partial charge in [-0.15, -0.1) is 0 Å². The third-order valence-corrected chi connectivity index (χ3v) is 3.64. The van der Waals surface area contributed by atoms with Gasteiger partial charge in [0.15, 0.2) is 0 Å². The standard InChI is InChI=1S/C15H35N7O/c1-14(23)22-13-15-12-20-9-8-18-5-4-16-2-3-17-6-7-19-10-11-21-15/h15-21H,2-13H2,1H3,(H,22,23). The van der Waals surface area contributed by atoms with Crippen LogP contribution in [0.4, 0.5) is 0 Å². The summed E-state index contributed by atoms with van der Waals surface area (Å²) in [4.78, 5) is 11.1. The van der Waals surface area contributed by atoms with Crippen molar-refractivity contribution >= 4 is 5.91 Å². The lowest BCUT2D eigenvalue weighted by atomic mass is 10.2. The van der Waals surface area contributed by atoms with Crippen LogP contribution in [0.5, 0.6) is 0 Å². The Morgan fingerprint density at radius 2 is 1.22 bits per heavy atom. The zero-order valence-electron chi connectivity index (χ0n) is 14.5. The van der Waals surface area contributed by atoms with Gasteiger partial charge in [0, 0.05) is 91.5 Å². The Hall–Kier alpha value is -0.770. The van der Waals surface area contributed by atoms with Gasteiger partial charge >= 0.3 is 0 Å². The molecule has 1 saturated heterocycles. The van der Waals surface area contributed by atoms with E-state index in [4.69, 9.17) is 0 Å². The molecular weight excluding hydrogens is 294 g/mol. The Kier molecular flexibility index (Phi) is 13.0. The van der Waals surface area contributed by atoms with Crippen molar-refractivity contribution in [3.8, 4) is 0 Å². The number of hydrogen-bond acceptors (Lipinski definition) is 7. The van der Waals surface area contributed by atoms with Crippen LogP contribution in [0, 0.1) is 0 Å². The molecule has 1 unspecified atom stereocenters. The average molecular weight is 329 g/mol. The summed E-state index contributed by atoms with van der Waals surface area (Å²) in [6.45, 7) is 12.7. The first-order valence-corrected chi connectivity index (χ1v) is 8.80. The van der Waals surface area contributed by atoms with Gasteiger partial charge < -0.3 is 37.2 Å². The Balaban J connectivity index is 2.25. The van der Waals surface area contributed by atoms with Crippen LogP contribution in [0.15, 0.2) is 0 Å². The molecule has 1 heterocycles. The summed E-state index contributed by atoms with van der Waals surface area (Å²) in [5.41, 5.74) is 0. The zero-order chi connectivity index (χ0) is 16.6. The number of carbonyl (C=O) groups excluding carboxylic acids is 1. The summed E-state index contributed by atoms with van der Waals surface area (Å²) in [5.74, 6) is 0.0182. The van der Waals surface area contributed by atoms with Crippen LogP contribution in [-0.4, -0.2) is 90.5 Å². The van der Waals surface area contributed by atoms with Crippen LogP contribution >= 0.6 is 0 Å². The highest BCUT2D eigenvalue weighted by Gasteiger charge is 2.07. The summed E-state index contributed by atoms with van der Waals surface area (Å²) in [6, 6.07) is 0.249. The third kappa shape index (κ3) is 13.4. The van der Waals surface area contributed by atoms with Crippen LogP contribution in [0.2, 0.25) is 0 Å². The predicted octanol–water partition coefficient (Wildman–Crippen LogP) is -2.96. The van der Waals surface area contributed by atoms with Gasteiger partial charge in [0.2, 0.25) is 5.91 Å². The number of hydrogen-bond donors (Lipinski definition) is 7. The lowest BCUT2D eigenvalue weighted by molar-refractivity contribution is -0.119. The maximum atomic E-state index is 11.1. The number of carbonyl (C=O) groups is 1. The molecule has 1 amide bonds. The monoisotopic (exact) mass is 329 g/mol. The molecule has 0 aromatic carbocycles. The fourth-order valence-electron chi connectivity index (χ4n) is 2.33. The van der Waals surface area contributed by atoms with Crippen molar-refractivity contribution < 1.29 is 4.79 Å². The van der Waals surface area contributed by atoms with Crippen LogP contribution in [0.25, 0.3) is 0 Å². The van der Waals surface area contributed by atoms with Crippen molar-refractivity contribution in [3.63, 3.8) is 0 Å². The molecule has 1 atom stereocenters. The van der Waals surface area contributed by atoms with E-state index in [9.17, 15) is 4.79 Å². The van der Waals surface area contributed by atoms with E-state index >= 15 is 0 Å². The van der Waals surface area contributed by atoms with Crippen LogP contribution in [-0.2, 0) is 4.79 Å². The van der Waals surface area contributed by atoms with E-state index in [-0.39, 0.29) is 11.9 Å². The normalized spacial score (nSPS) is 24.3. The van der Waals surface area contributed by atoms with Crippen molar-refractivity contribution in [1.82, 2.24) is 37.2 Å². The smallest absolute Gasteiger partial charge is 0.216 e. The molecule has 1 rings (SSSR count). The first kappa shape index (κ1) is 20.3. The van der Waals surface area contributed by atoms with Gasteiger partial charge in [-0.25, -0.2) is 0 Å². The van der Waals surface area contributed by atoms with E-state index in [1.165, 1.54) is 0 Å². The second-order valence-electron chi connectivity index (χ2n) is 5.79. The van der Waals surface area contributed by atoms with E-state index in [1.54, 1.807) is 6.92 Å². The molecule has 1 fully saturated rings. The topological polar surface area (TPSA) is 101 Å². The minimum absolute atomic E-state index is 0.0182. The molecule has 23 heavy (non-hydrogen) atoms. The van der Waals surface area contributed by atoms with Crippen molar-refractivity contribution in [3.05, 3.63) is 0 Å². The molecule has 1 aliphatic rings. The Morgan fingerprint density at radius 3 is 1.70 bits per heavy atom. The quantitative estimate of drug-likeness (QED) is 0.291. The second kappa shape index (κ2) is 14.8.